The summed E-state index contributed by atoms with van der Waals surface area (Å²) >= 11 is 0. The smallest absolute Gasteiger partial charge is 0.240 e. The molecule has 0 radical (unpaired) electrons. The fraction of sp³-hybridized carbons (Fsp3) is 0.300. The molecule has 0 bridgehead atoms. The van der Waals surface area contributed by atoms with E-state index in [-0.39, 0.29) is 23.0 Å². The van der Waals surface area contributed by atoms with E-state index in [0.717, 1.165) is 5.56 Å². The molecule has 0 unspecified atom stereocenters. The van der Waals surface area contributed by atoms with Gasteiger partial charge in [-0.25, -0.2) is 4.98 Å². The summed E-state index contributed by atoms with van der Waals surface area (Å²) in [5.41, 5.74) is 7.84. The van der Waals surface area contributed by atoms with E-state index in [9.17, 15) is 15.8 Å². The predicted molar refractivity (Wildman–Crippen MR) is 98.9 cm³/mol. The minimum Gasteiger partial charge on any atom is -0.318 e. The Kier molecular flexibility index (Phi) is 5.78. The summed E-state index contributed by atoms with van der Waals surface area (Å²) in [4.78, 5) is 4.83. The van der Waals surface area contributed by atoms with Crippen molar-refractivity contribution in [3.63, 3.8) is 0 Å². The molecule has 1 aromatic carbocycles. The number of H-pyrrole nitrogens is 1. The molecular formula is C20H21N6+. The summed E-state index contributed by atoms with van der Waals surface area (Å²) in [5, 5.41) is 29.2. The maximum Gasteiger partial charge on any atom is 0.240 e. The number of benzene rings is 1. The van der Waals surface area contributed by atoms with Crippen molar-refractivity contribution in [1.29, 1.82) is 15.8 Å². The highest BCUT2D eigenvalue weighted by Gasteiger charge is 2.30. The van der Waals surface area contributed by atoms with Gasteiger partial charge in [-0.1, -0.05) is 30.3 Å². The lowest BCUT2D eigenvalue weighted by atomic mass is 9.87. The molecule has 0 fully saturated rings. The number of anilines is 2. The first-order valence-electron chi connectivity index (χ1n) is 8.29. The normalized spacial score (nSPS) is 11.3. The Labute approximate surface area is 153 Å². The van der Waals surface area contributed by atoms with E-state index in [2.05, 4.69) is 23.2 Å². The molecule has 1 aromatic heterocycles. The molecule has 0 spiro atoms. The Balaban J connectivity index is 2.70. The van der Waals surface area contributed by atoms with E-state index in [4.69, 9.17) is 5.73 Å². The van der Waals surface area contributed by atoms with Gasteiger partial charge in [-0.15, -0.1) is 0 Å². The number of aromatic nitrogens is 1. The van der Waals surface area contributed by atoms with Crippen LogP contribution in [0.4, 0.5) is 11.6 Å². The van der Waals surface area contributed by atoms with Gasteiger partial charge in [-0.3, -0.25) is 4.90 Å². The maximum absolute atomic E-state index is 9.79. The zero-order valence-corrected chi connectivity index (χ0v) is 15.1. The monoisotopic (exact) mass is 345 g/mol. The Hall–Kier alpha value is -3.56. The van der Waals surface area contributed by atoms with Crippen molar-refractivity contribution in [1.82, 2.24) is 0 Å². The van der Waals surface area contributed by atoms with Gasteiger partial charge in [0.15, 0.2) is 0 Å². The van der Waals surface area contributed by atoms with Crippen LogP contribution in [0.3, 0.4) is 0 Å². The van der Waals surface area contributed by atoms with Gasteiger partial charge in [0.05, 0.1) is 25.1 Å². The molecule has 0 aliphatic carbocycles. The van der Waals surface area contributed by atoms with Crippen molar-refractivity contribution < 1.29 is 4.98 Å². The minimum atomic E-state index is -0.655. The first-order valence-corrected chi connectivity index (χ1v) is 8.29. The molecule has 130 valence electrons. The van der Waals surface area contributed by atoms with Crippen LogP contribution in [0.2, 0.25) is 0 Å². The molecule has 2 rings (SSSR count). The summed E-state index contributed by atoms with van der Waals surface area (Å²) in [6, 6.07) is 16.1. The lowest BCUT2D eigenvalue weighted by molar-refractivity contribution is -0.347. The van der Waals surface area contributed by atoms with Gasteiger partial charge in [0, 0.05) is 5.56 Å². The second kappa shape index (κ2) is 8.01. The van der Waals surface area contributed by atoms with Crippen LogP contribution in [0, 0.1) is 34.0 Å². The molecule has 3 N–H and O–H groups in total. The predicted octanol–water partition coefficient (Wildman–Crippen LogP) is 2.52. The number of pyridine rings is 1. The molecule has 1 atom stereocenters. The number of rotatable bonds is 5. The number of aromatic amines is 1. The highest BCUT2D eigenvalue weighted by atomic mass is 15.2. The van der Waals surface area contributed by atoms with Crippen LogP contribution in [0.15, 0.2) is 30.3 Å². The molecule has 0 aliphatic heterocycles. The average Bonchev–Trinajstić information content (AvgIpc) is 2.65. The number of hydrogen-bond acceptors (Lipinski definition) is 5. The van der Waals surface area contributed by atoms with Crippen LogP contribution in [0.25, 0.3) is 0 Å². The molecule has 0 saturated heterocycles. The Morgan fingerprint density at radius 2 is 1.69 bits per heavy atom. The third kappa shape index (κ3) is 3.58. The summed E-state index contributed by atoms with van der Waals surface area (Å²) in [6.45, 7) is 3.96. The highest BCUT2D eigenvalue weighted by Crippen LogP contribution is 2.32. The van der Waals surface area contributed by atoms with Crippen molar-refractivity contribution in [3.05, 3.63) is 52.6 Å². The van der Waals surface area contributed by atoms with E-state index in [1.807, 2.05) is 56.1 Å². The van der Waals surface area contributed by atoms with Crippen LogP contribution in [0.1, 0.15) is 42.0 Å². The highest BCUT2D eigenvalue weighted by molar-refractivity contribution is 5.66. The first-order chi connectivity index (χ1) is 12.4. The number of nitrogens with zero attached hydrogens (tertiary/aromatic N) is 4. The van der Waals surface area contributed by atoms with Crippen LogP contribution in [0.5, 0.6) is 0 Å². The van der Waals surface area contributed by atoms with Crippen molar-refractivity contribution in [2.45, 2.75) is 32.2 Å². The van der Waals surface area contributed by atoms with E-state index in [0.29, 0.717) is 17.8 Å². The molecule has 6 heteroatoms. The fourth-order valence-corrected chi connectivity index (χ4v) is 2.82. The van der Waals surface area contributed by atoms with Crippen LogP contribution < -0.4 is 15.6 Å². The van der Waals surface area contributed by atoms with Gasteiger partial charge >= 0.3 is 0 Å². The van der Waals surface area contributed by atoms with Gasteiger partial charge < -0.3 is 5.73 Å². The second-order valence-electron chi connectivity index (χ2n) is 6.35. The van der Waals surface area contributed by atoms with E-state index >= 15 is 0 Å². The first kappa shape index (κ1) is 18.8. The fourth-order valence-electron chi connectivity index (χ4n) is 2.82. The molecule has 0 aliphatic rings. The Morgan fingerprint density at radius 1 is 1.08 bits per heavy atom. The lowest BCUT2D eigenvalue weighted by Gasteiger charge is -2.22. The molecule has 0 saturated carbocycles. The minimum absolute atomic E-state index is 0.105. The molecule has 0 amide bonds. The third-order valence-corrected chi connectivity index (χ3v) is 4.44. The van der Waals surface area contributed by atoms with Crippen LogP contribution in [-0.2, 0) is 6.42 Å². The van der Waals surface area contributed by atoms with Crippen molar-refractivity contribution in [3.8, 4) is 18.2 Å². The zero-order chi connectivity index (χ0) is 19.3. The van der Waals surface area contributed by atoms with Crippen LogP contribution in [-0.4, -0.2) is 13.1 Å². The van der Waals surface area contributed by atoms with Crippen molar-refractivity contribution in [2.24, 2.45) is 0 Å². The topological polar surface area (TPSA) is 115 Å². The van der Waals surface area contributed by atoms with E-state index in [1.54, 1.807) is 0 Å². The zero-order valence-electron chi connectivity index (χ0n) is 15.1. The summed E-state index contributed by atoms with van der Waals surface area (Å²) in [6.07, 6.45) is 0.398. The van der Waals surface area contributed by atoms with Gasteiger partial charge in [-0.05, 0) is 25.8 Å². The molecule has 26 heavy (non-hydrogen) atoms. The van der Waals surface area contributed by atoms with Crippen molar-refractivity contribution >= 4 is 11.6 Å². The summed E-state index contributed by atoms with van der Waals surface area (Å²) in [7, 11) is 1.84. The lowest BCUT2D eigenvalue weighted by Crippen LogP contribution is -2.34. The number of nitrogen functional groups attached to an aromatic ring is 1. The van der Waals surface area contributed by atoms with Gasteiger partial charge in [0.25, 0.3) is 0 Å². The third-order valence-electron chi connectivity index (χ3n) is 4.44. The average molecular weight is 345 g/mol. The molecular weight excluding hydrogens is 324 g/mol. The van der Waals surface area contributed by atoms with Gasteiger partial charge in [0.2, 0.25) is 11.6 Å². The largest absolute Gasteiger partial charge is 0.318 e. The number of nitriles is 3. The number of nitrogens with one attached hydrogen (secondary N) is 1. The van der Waals surface area contributed by atoms with Gasteiger partial charge in [-0.2, -0.15) is 15.8 Å². The maximum atomic E-state index is 9.79. The number of hydrogen-bond donors (Lipinski definition) is 1. The SMILES string of the molecule is CC(C)N(C)c1[nH+]c(N)c(C#N)c([C@H](C#N)Cc2ccccc2)c1C#N. The molecule has 2 aromatic rings. The molecule has 6 nitrogen and oxygen atoms in total. The van der Waals surface area contributed by atoms with E-state index in [1.165, 1.54) is 0 Å². The summed E-state index contributed by atoms with van der Waals surface area (Å²) < 4.78 is 0. The Morgan fingerprint density at radius 3 is 2.19 bits per heavy atom. The Bertz CT molecular complexity index is 913. The quantitative estimate of drug-likeness (QED) is 0.894. The van der Waals surface area contributed by atoms with Gasteiger partial charge in [0.1, 0.15) is 23.3 Å². The summed E-state index contributed by atoms with van der Waals surface area (Å²) in [5.74, 6) is 0.0255. The standard InChI is InChI=1S/C20H20N6/c1-13(2)26(3)20-17(12-23)18(16(11-22)19(24)25-20)15(10-21)9-14-7-5-4-6-8-14/h4-8,13,15H,9H2,1-3H3,(H2,24,25)/p+1/t15-/m0/s1. The molecule has 1 heterocycles. The van der Waals surface area contributed by atoms with E-state index < -0.39 is 5.92 Å². The second-order valence-corrected chi connectivity index (χ2v) is 6.35. The number of nitrogens with two attached hydrogens (primary N) is 1. The van der Waals surface area contributed by atoms with Crippen molar-refractivity contribution in [2.75, 3.05) is 17.7 Å². The van der Waals surface area contributed by atoms with Crippen LogP contribution >= 0.6 is 0 Å².